The lowest BCUT2D eigenvalue weighted by Gasteiger charge is -2.30. The van der Waals surface area contributed by atoms with Gasteiger partial charge in [0, 0.05) is 24.3 Å². The van der Waals surface area contributed by atoms with Crippen molar-refractivity contribution in [1.82, 2.24) is 4.90 Å². The van der Waals surface area contributed by atoms with Gasteiger partial charge in [0.1, 0.15) is 11.0 Å². The minimum Gasteiger partial charge on any atom is -0.389 e. The number of rotatable bonds is 4. The summed E-state index contributed by atoms with van der Waals surface area (Å²) in [6.07, 6.45) is 0. The van der Waals surface area contributed by atoms with Gasteiger partial charge in [-0.1, -0.05) is 18.3 Å². The zero-order chi connectivity index (χ0) is 15.4. The first-order valence-electron chi connectivity index (χ1n) is 7.02. The molecule has 1 heterocycles. The summed E-state index contributed by atoms with van der Waals surface area (Å²) in [5.74, 6) is 0.0636. The van der Waals surface area contributed by atoms with E-state index < -0.39 is 0 Å². The molecule has 3 N–H and O–H groups in total. The van der Waals surface area contributed by atoms with Gasteiger partial charge in [0.25, 0.3) is 0 Å². The normalized spacial score (nSPS) is 16.4. The number of nitrogens with zero attached hydrogens (tertiary/aromatic N) is 1. The Labute approximate surface area is 130 Å². The Morgan fingerprint density at radius 3 is 2.71 bits per heavy atom. The molecule has 1 fully saturated rings. The molecule has 1 aliphatic rings. The van der Waals surface area contributed by atoms with Gasteiger partial charge in [-0.05, 0) is 31.5 Å². The van der Waals surface area contributed by atoms with Gasteiger partial charge in [0.15, 0.2) is 0 Å². The van der Waals surface area contributed by atoms with E-state index in [-0.39, 0.29) is 11.9 Å². The number of hydrogen-bond acceptors (Lipinski definition) is 4. The maximum Gasteiger partial charge on any atom is 0.244 e. The van der Waals surface area contributed by atoms with Gasteiger partial charge < -0.3 is 20.7 Å². The van der Waals surface area contributed by atoms with Crippen LogP contribution in [0.15, 0.2) is 18.2 Å². The molecule has 6 heteroatoms. The number of thiocarbonyl (C=S) groups is 1. The van der Waals surface area contributed by atoms with Gasteiger partial charge in [-0.15, -0.1) is 0 Å². The van der Waals surface area contributed by atoms with Gasteiger partial charge in [0.2, 0.25) is 5.91 Å². The van der Waals surface area contributed by atoms with E-state index in [2.05, 4.69) is 5.32 Å². The number of anilines is 1. The lowest BCUT2D eigenvalue weighted by Crippen LogP contribution is -2.47. The molecule has 1 amide bonds. The van der Waals surface area contributed by atoms with Crippen molar-refractivity contribution in [3.63, 3.8) is 0 Å². The number of hydrogen-bond donors (Lipinski definition) is 2. The fourth-order valence-corrected chi connectivity index (χ4v) is 2.52. The van der Waals surface area contributed by atoms with Crippen molar-refractivity contribution in [3.05, 3.63) is 29.3 Å². The van der Waals surface area contributed by atoms with Crippen molar-refractivity contribution >= 4 is 28.8 Å². The van der Waals surface area contributed by atoms with E-state index in [0.29, 0.717) is 31.3 Å². The van der Waals surface area contributed by atoms with Crippen molar-refractivity contribution in [2.75, 3.05) is 31.6 Å². The van der Waals surface area contributed by atoms with E-state index in [0.717, 1.165) is 16.8 Å². The lowest BCUT2D eigenvalue weighted by molar-refractivity contribution is -0.135. The predicted octanol–water partition coefficient (Wildman–Crippen LogP) is 1.29. The number of morpholine rings is 1. The fraction of sp³-hybridized carbons (Fsp3) is 0.467. The van der Waals surface area contributed by atoms with E-state index in [1.54, 1.807) is 0 Å². The number of amides is 1. The third-order valence-electron chi connectivity index (χ3n) is 3.51. The largest absolute Gasteiger partial charge is 0.389 e. The number of carbonyl (C=O) groups is 1. The van der Waals surface area contributed by atoms with Crippen LogP contribution in [0.1, 0.15) is 18.1 Å². The van der Waals surface area contributed by atoms with Crippen LogP contribution in [0.2, 0.25) is 0 Å². The summed E-state index contributed by atoms with van der Waals surface area (Å²) in [5, 5.41) is 3.23. The lowest BCUT2D eigenvalue weighted by atomic mass is 10.1. The maximum atomic E-state index is 12.4. The van der Waals surface area contributed by atoms with E-state index >= 15 is 0 Å². The smallest absolute Gasteiger partial charge is 0.244 e. The van der Waals surface area contributed by atoms with Crippen molar-refractivity contribution < 1.29 is 9.53 Å². The molecule has 0 aromatic heterocycles. The summed E-state index contributed by atoms with van der Waals surface area (Å²) < 4.78 is 5.27. The van der Waals surface area contributed by atoms with Crippen molar-refractivity contribution in [3.8, 4) is 0 Å². The van der Waals surface area contributed by atoms with Crippen LogP contribution in [0.25, 0.3) is 0 Å². The predicted molar refractivity (Wildman–Crippen MR) is 87.6 cm³/mol. The molecule has 1 atom stereocenters. The van der Waals surface area contributed by atoms with E-state index in [4.69, 9.17) is 22.7 Å². The molecule has 1 saturated heterocycles. The van der Waals surface area contributed by atoms with Gasteiger partial charge in [0.05, 0.1) is 13.2 Å². The molecule has 0 bridgehead atoms. The third-order valence-corrected chi connectivity index (χ3v) is 3.73. The Morgan fingerprint density at radius 2 is 2.10 bits per heavy atom. The van der Waals surface area contributed by atoms with Crippen LogP contribution in [0, 0.1) is 6.92 Å². The Hall–Kier alpha value is -1.66. The van der Waals surface area contributed by atoms with Crippen LogP contribution in [0.3, 0.4) is 0 Å². The van der Waals surface area contributed by atoms with Crippen molar-refractivity contribution in [2.45, 2.75) is 19.9 Å². The summed E-state index contributed by atoms with van der Waals surface area (Å²) in [4.78, 5) is 14.6. The molecule has 1 aliphatic heterocycles. The second-order valence-electron chi connectivity index (χ2n) is 5.22. The molecule has 2 rings (SSSR count). The number of ether oxygens (including phenoxy) is 1. The Bertz CT molecular complexity index is 542. The van der Waals surface area contributed by atoms with Crippen LogP contribution >= 0.6 is 12.2 Å². The molecule has 1 aromatic carbocycles. The van der Waals surface area contributed by atoms with Crippen LogP contribution in [-0.4, -0.2) is 48.1 Å². The molecule has 0 aliphatic carbocycles. The van der Waals surface area contributed by atoms with Crippen LogP contribution < -0.4 is 11.1 Å². The zero-order valence-electron chi connectivity index (χ0n) is 12.4. The molecule has 114 valence electrons. The molecular weight excluding hydrogens is 286 g/mol. The zero-order valence-corrected chi connectivity index (χ0v) is 13.2. The molecule has 1 unspecified atom stereocenters. The van der Waals surface area contributed by atoms with Crippen molar-refractivity contribution in [2.24, 2.45) is 5.73 Å². The van der Waals surface area contributed by atoms with E-state index in [1.807, 2.05) is 36.9 Å². The first kappa shape index (κ1) is 15.7. The van der Waals surface area contributed by atoms with Crippen LogP contribution in [0.4, 0.5) is 5.69 Å². The minimum absolute atomic E-state index is 0.0636. The average Bonchev–Trinajstić information content (AvgIpc) is 2.47. The molecule has 0 saturated carbocycles. The van der Waals surface area contributed by atoms with E-state index in [1.165, 1.54) is 0 Å². The van der Waals surface area contributed by atoms with Gasteiger partial charge in [-0.2, -0.15) is 0 Å². The first-order valence-corrected chi connectivity index (χ1v) is 7.43. The molecule has 1 aromatic rings. The molecule has 21 heavy (non-hydrogen) atoms. The Balaban J connectivity index is 2.11. The summed E-state index contributed by atoms with van der Waals surface area (Å²) >= 11 is 5.06. The Morgan fingerprint density at radius 1 is 1.43 bits per heavy atom. The number of carbonyl (C=O) groups excluding carboxylic acids is 1. The molecule has 0 spiro atoms. The first-order chi connectivity index (χ1) is 9.99. The van der Waals surface area contributed by atoms with Crippen LogP contribution in [-0.2, 0) is 9.53 Å². The Kier molecular flexibility index (Phi) is 5.14. The van der Waals surface area contributed by atoms with Gasteiger partial charge in [-0.3, -0.25) is 4.79 Å². The molecule has 5 nitrogen and oxygen atoms in total. The number of nitrogens with one attached hydrogen (secondary N) is 1. The molecular formula is C15H21N3O2S. The van der Waals surface area contributed by atoms with Gasteiger partial charge in [-0.25, -0.2) is 0 Å². The highest BCUT2D eigenvalue weighted by Gasteiger charge is 2.23. The quantitative estimate of drug-likeness (QED) is 0.821. The second-order valence-corrected chi connectivity index (χ2v) is 5.66. The topological polar surface area (TPSA) is 67.6 Å². The summed E-state index contributed by atoms with van der Waals surface area (Å²) in [7, 11) is 0. The summed E-state index contributed by atoms with van der Waals surface area (Å²) in [6, 6.07) is 5.45. The number of benzene rings is 1. The van der Waals surface area contributed by atoms with Crippen molar-refractivity contribution in [1.29, 1.82) is 0 Å². The van der Waals surface area contributed by atoms with E-state index in [9.17, 15) is 4.79 Å². The maximum absolute atomic E-state index is 12.4. The monoisotopic (exact) mass is 307 g/mol. The highest BCUT2D eigenvalue weighted by Crippen LogP contribution is 2.19. The highest BCUT2D eigenvalue weighted by atomic mass is 32.1. The average molecular weight is 307 g/mol. The molecule has 0 radical (unpaired) electrons. The highest BCUT2D eigenvalue weighted by molar-refractivity contribution is 7.80. The van der Waals surface area contributed by atoms with Gasteiger partial charge >= 0.3 is 0 Å². The fourth-order valence-electron chi connectivity index (χ4n) is 2.34. The van der Waals surface area contributed by atoms with Crippen LogP contribution in [0.5, 0.6) is 0 Å². The number of nitrogens with two attached hydrogens (primary N) is 1. The SMILES string of the molecule is Cc1ccc(C(N)=S)c(NC(C)C(=O)N2CCOCC2)c1. The summed E-state index contributed by atoms with van der Waals surface area (Å²) in [6.45, 7) is 6.32. The minimum atomic E-state index is -0.335. The standard InChI is InChI=1S/C15H21N3O2S/c1-10-3-4-12(14(16)21)13(9-10)17-11(2)15(19)18-5-7-20-8-6-18/h3-4,9,11,17H,5-8H2,1-2H3,(H2,16,21). The summed E-state index contributed by atoms with van der Waals surface area (Å²) in [5.41, 5.74) is 8.39. The number of aryl methyl sites for hydroxylation is 1. The third kappa shape index (κ3) is 3.92. The second kappa shape index (κ2) is 6.87.